The molecule has 334 valence electrons. The van der Waals surface area contributed by atoms with E-state index in [9.17, 15) is 5.26 Å². The lowest BCUT2D eigenvalue weighted by Gasteiger charge is -2.19. The van der Waals surface area contributed by atoms with E-state index in [4.69, 9.17) is 9.97 Å². The number of aromatic nitrogens is 4. The molecule has 0 saturated carbocycles. The standard InChI is InChI=1S/C65H49N5/c1-39-11-7-15-45(27-39)49-19-23-54-55-24-20-50(46-16-8-12-40(2)28-46)33-61(55)69(60(54)32-49)59-37-58(65-67-43(5)31-44(6)68-65)64(36-53(59)38-66)70-62-34-51(47-17-9-13-41(3)29-47)21-25-56(62)57-26-22-52(35-63(57)70)48-18-10-14-42(4)30-48/h7-37H,1-6H3. The third-order valence-corrected chi connectivity index (χ3v) is 13.9. The molecule has 12 rings (SSSR count). The molecule has 0 amide bonds. The Labute approximate surface area is 408 Å². The fourth-order valence-electron chi connectivity index (χ4n) is 10.6. The van der Waals surface area contributed by atoms with Gasteiger partial charge in [0, 0.05) is 38.5 Å². The number of hydrogen-bond donors (Lipinski definition) is 0. The predicted molar refractivity (Wildman–Crippen MR) is 291 cm³/mol. The van der Waals surface area contributed by atoms with Crippen molar-refractivity contribution in [3.63, 3.8) is 0 Å². The van der Waals surface area contributed by atoms with Crippen LogP contribution in [0.1, 0.15) is 39.2 Å². The maximum Gasteiger partial charge on any atom is 0.161 e. The van der Waals surface area contributed by atoms with Gasteiger partial charge in [-0.05, 0) is 129 Å². The molecule has 0 aliphatic rings. The molecule has 0 aliphatic heterocycles. The first-order valence-electron chi connectivity index (χ1n) is 23.9. The third-order valence-electron chi connectivity index (χ3n) is 13.9. The van der Waals surface area contributed by atoms with Crippen molar-refractivity contribution in [1.29, 1.82) is 5.26 Å². The van der Waals surface area contributed by atoms with Crippen LogP contribution in [-0.4, -0.2) is 19.1 Å². The van der Waals surface area contributed by atoms with Gasteiger partial charge in [-0.2, -0.15) is 5.26 Å². The average Bonchev–Trinajstić information content (AvgIpc) is 3.86. The smallest absolute Gasteiger partial charge is 0.161 e. The summed E-state index contributed by atoms with van der Waals surface area (Å²) in [7, 11) is 0. The Hall–Kier alpha value is -8.85. The normalized spacial score (nSPS) is 11.6. The largest absolute Gasteiger partial charge is 0.308 e. The first-order valence-corrected chi connectivity index (χ1v) is 23.9. The molecular formula is C65H49N5. The van der Waals surface area contributed by atoms with Gasteiger partial charge < -0.3 is 9.13 Å². The molecule has 0 atom stereocenters. The molecule has 3 heterocycles. The minimum atomic E-state index is 0.531. The highest BCUT2D eigenvalue weighted by Gasteiger charge is 2.24. The summed E-state index contributed by atoms with van der Waals surface area (Å²) in [6.07, 6.45) is 0. The molecule has 5 nitrogen and oxygen atoms in total. The van der Waals surface area contributed by atoms with Crippen molar-refractivity contribution in [2.75, 3.05) is 0 Å². The van der Waals surface area contributed by atoms with Crippen LogP contribution in [0.3, 0.4) is 0 Å². The molecule has 5 heteroatoms. The van der Waals surface area contributed by atoms with Crippen molar-refractivity contribution in [3.05, 3.63) is 227 Å². The van der Waals surface area contributed by atoms with E-state index in [0.29, 0.717) is 11.4 Å². The monoisotopic (exact) mass is 899 g/mol. The summed E-state index contributed by atoms with van der Waals surface area (Å²) >= 11 is 0. The lowest BCUT2D eigenvalue weighted by atomic mass is 10.0. The van der Waals surface area contributed by atoms with Crippen molar-refractivity contribution >= 4 is 43.6 Å². The molecule has 0 radical (unpaired) electrons. The summed E-state index contributed by atoms with van der Waals surface area (Å²) in [6.45, 7) is 12.6. The van der Waals surface area contributed by atoms with E-state index < -0.39 is 0 Å². The molecule has 9 aromatic carbocycles. The number of benzene rings is 9. The van der Waals surface area contributed by atoms with Crippen molar-refractivity contribution in [1.82, 2.24) is 19.1 Å². The lowest BCUT2D eigenvalue weighted by Crippen LogP contribution is -2.06. The number of nitrogens with zero attached hydrogens (tertiary/aromatic N) is 5. The molecule has 3 aromatic heterocycles. The zero-order valence-electron chi connectivity index (χ0n) is 40.1. The van der Waals surface area contributed by atoms with E-state index in [2.05, 4.69) is 225 Å². The minimum absolute atomic E-state index is 0.531. The third kappa shape index (κ3) is 7.33. The Balaban J connectivity index is 1.21. The molecule has 0 aliphatic carbocycles. The van der Waals surface area contributed by atoms with E-state index in [-0.39, 0.29) is 0 Å². The van der Waals surface area contributed by atoms with E-state index >= 15 is 0 Å². The van der Waals surface area contributed by atoms with Crippen LogP contribution < -0.4 is 0 Å². The van der Waals surface area contributed by atoms with Crippen LogP contribution >= 0.6 is 0 Å². The highest BCUT2D eigenvalue weighted by molar-refractivity contribution is 6.13. The molecule has 0 fully saturated rings. The summed E-state index contributed by atoms with van der Waals surface area (Å²) in [4.78, 5) is 10.4. The van der Waals surface area contributed by atoms with Gasteiger partial charge in [-0.25, -0.2) is 9.97 Å². The Morgan fingerprint density at radius 1 is 0.343 bits per heavy atom. The fourth-order valence-corrected chi connectivity index (χ4v) is 10.6. The van der Waals surface area contributed by atoms with Crippen LogP contribution in [0, 0.1) is 52.9 Å². The SMILES string of the molecule is Cc1cccc(-c2ccc3c4ccc(-c5cccc(C)c5)cc4n(-c4cc(-c5nc(C)cc(C)n5)c(-n5c6cc(-c7cccc(C)c7)ccc6c6ccc(-c7cccc(C)c7)cc65)cc4C#N)c3c2)c1. The lowest BCUT2D eigenvalue weighted by molar-refractivity contribution is 1.05. The maximum atomic E-state index is 11.6. The van der Waals surface area contributed by atoms with Gasteiger partial charge >= 0.3 is 0 Å². The van der Waals surface area contributed by atoms with Gasteiger partial charge in [0.15, 0.2) is 5.82 Å². The molecule has 0 unspecified atom stereocenters. The first kappa shape index (κ1) is 42.5. The highest BCUT2D eigenvalue weighted by atomic mass is 15.0. The summed E-state index contributed by atoms with van der Waals surface area (Å²) < 4.78 is 4.65. The topological polar surface area (TPSA) is 59.4 Å². The molecule has 0 bridgehead atoms. The van der Waals surface area contributed by atoms with Crippen LogP contribution in [0.15, 0.2) is 188 Å². The number of fused-ring (bicyclic) bond motifs is 6. The van der Waals surface area contributed by atoms with E-state index in [1.165, 1.54) is 22.3 Å². The second kappa shape index (κ2) is 16.7. The summed E-state index contributed by atoms with van der Waals surface area (Å²) in [5, 5.41) is 16.1. The predicted octanol–water partition coefficient (Wildman–Crippen LogP) is 16.7. The van der Waals surface area contributed by atoms with Crippen molar-refractivity contribution in [3.8, 4) is 73.3 Å². The van der Waals surface area contributed by atoms with Crippen molar-refractivity contribution < 1.29 is 0 Å². The highest BCUT2D eigenvalue weighted by Crippen LogP contribution is 2.43. The molecule has 0 spiro atoms. The Morgan fingerprint density at radius 2 is 0.671 bits per heavy atom. The zero-order chi connectivity index (χ0) is 47.8. The Morgan fingerprint density at radius 3 is 1.00 bits per heavy atom. The quantitative estimate of drug-likeness (QED) is 0.160. The van der Waals surface area contributed by atoms with Crippen LogP contribution in [0.5, 0.6) is 0 Å². The van der Waals surface area contributed by atoms with Crippen molar-refractivity contribution in [2.24, 2.45) is 0 Å². The van der Waals surface area contributed by atoms with Crippen LogP contribution in [0.25, 0.3) is 111 Å². The van der Waals surface area contributed by atoms with Gasteiger partial charge in [0.2, 0.25) is 0 Å². The number of nitriles is 1. The van der Waals surface area contributed by atoms with Gasteiger partial charge in [-0.15, -0.1) is 0 Å². The molecule has 70 heavy (non-hydrogen) atoms. The second-order valence-corrected chi connectivity index (χ2v) is 19.0. The van der Waals surface area contributed by atoms with Gasteiger partial charge in [-0.1, -0.05) is 168 Å². The van der Waals surface area contributed by atoms with Gasteiger partial charge in [0.25, 0.3) is 0 Å². The Bertz CT molecular complexity index is 3930. The maximum absolute atomic E-state index is 11.6. The molecule has 0 saturated heterocycles. The van der Waals surface area contributed by atoms with Gasteiger partial charge in [0.05, 0.1) is 39.0 Å². The van der Waals surface area contributed by atoms with Gasteiger partial charge in [-0.3, -0.25) is 0 Å². The summed E-state index contributed by atoms with van der Waals surface area (Å²) in [5.74, 6) is 0.597. The van der Waals surface area contributed by atoms with Crippen LogP contribution in [-0.2, 0) is 0 Å². The fraction of sp³-hybridized carbons (Fsp3) is 0.0923. The van der Waals surface area contributed by atoms with Crippen LogP contribution in [0.4, 0.5) is 0 Å². The average molecular weight is 900 g/mol. The number of hydrogen-bond acceptors (Lipinski definition) is 3. The summed E-state index contributed by atoms with van der Waals surface area (Å²) in [6, 6.07) is 70.7. The molecule has 12 aromatic rings. The van der Waals surface area contributed by atoms with Crippen LogP contribution in [0.2, 0.25) is 0 Å². The summed E-state index contributed by atoms with van der Waals surface area (Å²) in [5.41, 5.74) is 22.5. The molecular weight excluding hydrogens is 851 g/mol. The zero-order valence-corrected chi connectivity index (χ0v) is 40.1. The minimum Gasteiger partial charge on any atom is -0.308 e. The van der Waals surface area contributed by atoms with Crippen molar-refractivity contribution in [2.45, 2.75) is 41.5 Å². The van der Waals surface area contributed by atoms with Gasteiger partial charge in [0.1, 0.15) is 6.07 Å². The van der Waals surface area contributed by atoms with E-state index in [1.54, 1.807) is 0 Å². The second-order valence-electron chi connectivity index (χ2n) is 19.0. The number of aryl methyl sites for hydroxylation is 6. The molecule has 0 N–H and O–H groups in total. The number of rotatable bonds is 7. The van der Waals surface area contributed by atoms with E-state index in [0.717, 1.165) is 116 Å². The van der Waals surface area contributed by atoms with E-state index in [1.807, 2.05) is 19.9 Å². The Kier molecular flexibility index (Phi) is 10.2. The first-order chi connectivity index (χ1) is 34.1.